The molecule has 0 radical (unpaired) electrons. The van der Waals surface area contributed by atoms with Crippen molar-refractivity contribution < 1.29 is 39.2 Å². The minimum atomic E-state index is -1.40. The molecule has 8 nitrogen and oxygen atoms in total. The van der Waals surface area contributed by atoms with E-state index in [0.29, 0.717) is 12.8 Å². The van der Waals surface area contributed by atoms with Crippen LogP contribution in [0.4, 0.5) is 0 Å². The second kappa shape index (κ2) is 7.37. The maximum atomic E-state index is 13.4. The molecule has 178 valence electrons. The van der Waals surface area contributed by atoms with Crippen LogP contribution in [0.1, 0.15) is 53.4 Å². The first kappa shape index (κ1) is 23.4. The normalized spacial score (nSPS) is 49.8. The summed E-state index contributed by atoms with van der Waals surface area (Å²) < 4.78 is 11.1. The van der Waals surface area contributed by atoms with Crippen LogP contribution >= 0.6 is 0 Å². The Kier molecular flexibility index (Phi) is 5.39. The molecule has 8 heteroatoms. The van der Waals surface area contributed by atoms with E-state index in [-0.39, 0.29) is 36.7 Å². The molecule has 4 fully saturated rings. The van der Waals surface area contributed by atoms with Crippen molar-refractivity contribution in [1.82, 2.24) is 0 Å². The Hall–Kier alpha value is -1.77. The number of rotatable bonds is 3. The van der Waals surface area contributed by atoms with Crippen molar-refractivity contribution in [1.29, 1.82) is 0 Å². The van der Waals surface area contributed by atoms with Crippen LogP contribution < -0.4 is 0 Å². The third kappa shape index (κ3) is 2.82. The molecule has 4 saturated carbocycles. The summed E-state index contributed by atoms with van der Waals surface area (Å²) in [6.07, 6.45) is -2.31. The van der Waals surface area contributed by atoms with Crippen molar-refractivity contribution >= 4 is 17.7 Å². The molecule has 2 bridgehead atoms. The van der Waals surface area contributed by atoms with Gasteiger partial charge >= 0.3 is 11.9 Å². The summed E-state index contributed by atoms with van der Waals surface area (Å²) in [6.45, 7) is 10.4. The van der Waals surface area contributed by atoms with Gasteiger partial charge in [0.15, 0.2) is 5.78 Å². The number of ketones is 1. The number of esters is 2. The summed E-state index contributed by atoms with van der Waals surface area (Å²) in [5, 5.41) is 33.5. The van der Waals surface area contributed by atoms with Gasteiger partial charge in [-0.15, -0.1) is 0 Å². The zero-order valence-electron chi connectivity index (χ0n) is 19.2. The van der Waals surface area contributed by atoms with Crippen LogP contribution in [-0.2, 0) is 23.9 Å². The third-order valence-electron chi connectivity index (χ3n) is 9.36. The van der Waals surface area contributed by atoms with Crippen molar-refractivity contribution in [3.05, 3.63) is 12.2 Å². The Morgan fingerprint density at radius 1 is 1.09 bits per heavy atom. The van der Waals surface area contributed by atoms with Crippen molar-refractivity contribution in [2.24, 2.45) is 34.0 Å². The van der Waals surface area contributed by atoms with Gasteiger partial charge in [0.25, 0.3) is 0 Å². The van der Waals surface area contributed by atoms with Crippen LogP contribution in [0.25, 0.3) is 0 Å². The van der Waals surface area contributed by atoms with Gasteiger partial charge in [-0.1, -0.05) is 20.4 Å². The number of carbonyl (C=O) groups excluding carboxylic acids is 3. The van der Waals surface area contributed by atoms with E-state index in [0.717, 1.165) is 0 Å². The van der Waals surface area contributed by atoms with Crippen molar-refractivity contribution in [3.8, 4) is 0 Å². The van der Waals surface area contributed by atoms with Crippen LogP contribution in [-0.4, -0.2) is 64.1 Å². The number of aliphatic hydroxyl groups is 3. The predicted octanol–water partition coefficient (Wildman–Crippen LogP) is 1.15. The highest BCUT2D eigenvalue weighted by Crippen LogP contribution is 2.71. The van der Waals surface area contributed by atoms with Gasteiger partial charge in [0.2, 0.25) is 0 Å². The van der Waals surface area contributed by atoms with E-state index in [2.05, 4.69) is 6.58 Å². The van der Waals surface area contributed by atoms with Gasteiger partial charge in [-0.3, -0.25) is 14.4 Å². The summed E-state index contributed by atoms with van der Waals surface area (Å²) in [7, 11) is 0. The smallest absolute Gasteiger partial charge is 0.302 e. The maximum Gasteiger partial charge on any atom is 0.302 e. The minimum Gasteiger partial charge on any atom is -0.465 e. The van der Waals surface area contributed by atoms with Gasteiger partial charge in [0, 0.05) is 25.2 Å². The predicted molar refractivity (Wildman–Crippen MR) is 112 cm³/mol. The Bertz CT molecular complexity index is 868. The molecule has 1 spiro atoms. The Morgan fingerprint density at radius 3 is 2.34 bits per heavy atom. The average Bonchev–Trinajstić information content (AvgIpc) is 2.83. The molecule has 0 heterocycles. The molecule has 0 saturated heterocycles. The fourth-order valence-corrected chi connectivity index (χ4v) is 7.98. The van der Waals surface area contributed by atoms with E-state index in [4.69, 9.17) is 9.47 Å². The fourth-order valence-electron chi connectivity index (χ4n) is 7.98. The Labute approximate surface area is 188 Å². The second-order valence-electron chi connectivity index (χ2n) is 10.8. The average molecular weight is 451 g/mol. The van der Waals surface area contributed by atoms with Crippen LogP contribution in [0.5, 0.6) is 0 Å². The number of aliphatic hydroxyl groups excluding tert-OH is 3. The minimum absolute atomic E-state index is 0.00135. The summed E-state index contributed by atoms with van der Waals surface area (Å²) in [4.78, 5) is 36.9. The van der Waals surface area contributed by atoms with Gasteiger partial charge in [-0.25, -0.2) is 0 Å². The van der Waals surface area contributed by atoms with Crippen molar-refractivity contribution in [2.45, 2.75) is 77.8 Å². The van der Waals surface area contributed by atoms with E-state index < -0.39 is 64.4 Å². The molecule has 0 aromatic rings. The largest absolute Gasteiger partial charge is 0.465 e. The van der Waals surface area contributed by atoms with E-state index in [9.17, 15) is 29.7 Å². The first-order valence-electron chi connectivity index (χ1n) is 11.4. The lowest BCUT2D eigenvalue weighted by atomic mass is 9.39. The standard InChI is InChI=1S/C24H34O8/c1-11-19-14(27)8-16-22(4)7-6-18(32-13(3)26)23(5,10-31-12(2)25)15(22)9-17(28)24(16,20(11)29)21(19)30/h14-19,21,27-28,30H,1,6-10H2,2-5H3. The van der Waals surface area contributed by atoms with Gasteiger partial charge in [0.1, 0.15) is 12.7 Å². The van der Waals surface area contributed by atoms with Gasteiger partial charge < -0.3 is 24.8 Å². The molecule has 10 atom stereocenters. The molecule has 0 aromatic heterocycles. The highest BCUT2D eigenvalue weighted by molar-refractivity contribution is 6.04. The van der Waals surface area contributed by atoms with Gasteiger partial charge in [0.05, 0.1) is 23.7 Å². The number of hydrogen-bond donors (Lipinski definition) is 3. The van der Waals surface area contributed by atoms with E-state index in [1.54, 1.807) is 0 Å². The van der Waals surface area contributed by atoms with Gasteiger partial charge in [-0.2, -0.15) is 0 Å². The highest BCUT2D eigenvalue weighted by Gasteiger charge is 2.76. The first-order chi connectivity index (χ1) is 14.8. The molecule has 0 aliphatic heterocycles. The summed E-state index contributed by atoms with van der Waals surface area (Å²) in [6, 6.07) is 0. The molecule has 0 aromatic carbocycles. The quantitative estimate of drug-likeness (QED) is 0.431. The lowest BCUT2D eigenvalue weighted by molar-refractivity contribution is -0.259. The van der Waals surface area contributed by atoms with E-state index >= 15 is 0 Å². The van der Waals surface area contributed by atoms with Crippen molar-refractivity contribution in [2.75, 3.05) is 6.61 Å². The Morgan fingerprint density at radius 2 is 1.75 bits per heavy atom. The zero-order valence-corrected chi connectivity index (χ0v) is 19.2. The van der Waals surface area contributed by atoms with E-state index in [1.807, 2.05) is 13.8 Å². The molecule has 4 aliphatic carbocycles. The van der Waals surface area contributed by atoms with Gasteiger partial charge in [-0.05, 0) is 48.5 Å². The number of carbonyl (C=O) groups is 3. The SMILES string of the molecule is C=C1C(=O)C23C(O)CC4C(C)(COC(C)=O)C(OC(C)=O)CCC4(C)C2CC(O)C1C3O. The first-order valence-corrected chi connectivity index (χ1v) is 11.4. The molecule has 4 aliphatic rings. The summed E-state index contributed by atoms with van der Waals surface area (Å²) in [5.41, 5.74) is -2.59. The lowest BCUT2D eigenvalue weighted by Gasteiger charge is -2.66. The maximum absolute atomic E-state index is 13.4. The Balaban J connectivity index is 1.82. The monoisotopic (exact) mass is 450 g/mol. The fraction of sp³-hybridized carbons (Fsp3) is 0.792. The number of ether oxygens (including phenoxy) is 2. The summed E-state index contributed by atoms with van der Waals surface area (Å²) in [5.74, 6) is -2.79. The second-order valence-corrected chi connectivity index (χ2v) is 10.8. The van der Waals surface area contributed by atoms with Crippen LogP contribution in [0, 0.1) is 34.0 Å². The molecular formula is C24H34O8. The lowest BCUT2D eigenvalue weighted by Crippen LogP contribution is -2.70. The molecule has 4 rings (SSSR count). The molecule has 10 unspecified atom stereocenters. The number of Topliss-reactive ketones (excluding diaryl/α,β-unsaturated/α-hetero) is 1. The van der Waals surface area contributed by atoms with Crippen LogP contribution in [0.3, 0.4) is 0 Å². The molecule has 32 heavy (non-hydrogen) atoms. The number of hydrogen-bond acceptors (Lipinski definition) is 8. The third-order valence-corrected chi connectivity index (χ3v) is 9.36. The van der Waals surface area contributed by atoms with Crippen LogP contribution in [0.15, 0.2) is 12.2 Å². The summed E-state index contributed by atoms with van der Waals surface area (Å²) >= 11 is 0. The van der Waals surface area contributed by atoms with Crippen LogP contribution in [0.2, 0.25) is 0 Å². The van der Waals surface area contributed by atoms with Crippen molar-refractivity contribution in [3.63, 3.8) is 0 Å². The zero-order chi connectivity index (χ0) is 23.8. The number of fused-ring (bicyclic) bond motifs is 3. The molecular weight excluding hydrogens is 416 g/mol. The van der Waals surface area contributed by atoms with E-state index in [1.165, 1.54) is 13.8 Å². The topological polar surface area (TPSA) is 130 Å². The highest BCUT2D eigenvalue weighted by atomic mass is 16.6. The molecule has 0 amide bonds. The molecule has 3 N–H and O–H groups in total.